The number of nitrogens with zero attached hydrogens (tertiary/aromatic N) is 1. The summed E-state index contributed by atoms with van der Waals surface area (Å²) in [6, 6.07) is 7.28. The van der Waals surface area contributed by atoms with Crippen LogP contribution >= 0.6 is 22.7 Å². The number of hydrogen-bond donors (Lipinski definition) is 3. The Morgan fingerprint density at radius 1 is 1.10 bits per heavy atom. The quantitative estimate of drug-likeness (QED) is 0.515. The zero-order valence-electron chi connectivity index (χ0n) is 16.7. The first-order valence-corrected chi connectivity index (χ1v) is 10.9. The number of carbonyl (C=O) groups is 2. The molecule has 3 rings (SSSR count). The highest BCUT2D eigenvalue weighted by atomic mass is 32.1. The highest BCUT2D eigenvalue weighted by Crippen LogP contribution is 2.36. The van der Waals surface area contributed by atoms with Crippen LogP contribution in [0.3, 0.4) is 0 Å². The van der Waals surface area contributed by atoms with Gasteiger partial charge in [0.05, 0.1) is 29.9 Å². The first kappa shape index (κ1) is 21.1. The lowest BCUT2D eigenvalue weighted by atomic mass is 10.0. The molecule has 0 fully saturated rings. The number of aromatic amines is 1. The average Bonchev–Trinajstić information content (AvgIpc) is 3.45. The fraction of sp³-hybridized carbons (Fsp3) is 0.350. The smallest absolute Gasteiger partial charge is 0.407 e. The van der Waals surface area contributed by atoms with Gasteiger partial charge in [-0.1, -0.05) is 19.9 Å². The molecular weight excluding hydrogens is 408 g/mol. The van der Waals surface area contributed by atoms with Gasteiger partial charge < -0.3 is 20.4 Å². The molecule has 0 unspecified atom stereocenters. The fourth-order valence-corrected chi connectivity index (χ4v) is 4.61. The zero-order valence-corrected chi connectivity index (χ0v) is 18.3. The van der Waals surface area contributed by atoms with Gasteiger partial charge in [0.1, 0.15) is 11.9 Å². The van der Waals surface area contributed by atoms with Crippen molar-refractivity contribution in [2.24, 2.45) is 5.92 Å². The molecule has 0 aliphatic heterocycles. The van der Waals surface area contributed by atoms with E-state index in [1.165, 1.54) is 16.9 Å². The van der Waals surface area contributed by atoms with Crippen molar-refractivity contribution in [3.8, 4) is 20.3 Å². The van der Waals surface area contributed by atoms with E-state index in [0.717, 1.165) is 10.6 Å². The standard InChI is InChI=1S/C20H24N4O3S2/c1-11(2)17(24-20(26)27-4)19(25)22-12(3)18-21-10-13(23-18)14-7-8-16(29-14)15-6-5-9-28-15/h5-12,17H,1-4H3,(H,21,23)(H,22,25)(H,24,26)/t12-,17-/m0/s1. The van der Waals surface area contributed by atoms with E-state index in [2.05, 4.69) is 48.9 Å². The molecule has 0 spiro atoms. The Hall–Kier alpha value is -2.65. The van der Waals surface area contributed by atoms with Crippen LogP contribution in [0.1, 0.15) is 32.6 Å². The number of methoxy groups -OCH3 is 1. The fourth-order valence-electron chi connectivity index (χ4n) is 2.81. The molecule has 0 aliphatic carbocycles. The maximum atomic E-state index is 12.6. The van der Waals surface area contributed by atoms with Gasteiger partial charge in [-0.2, -0.15) is 0 Å². The van der Waals surface area contributed by atoms with Crippen LogP contribution in [0.25, 0.3) is 20.3 Å². The van der Waals surface area contributed by atoms with Crippen LogP contribution in [0.4, 0.5) is 4.79 Å². The van der Waals surface area contributed by atoms with E-state index in [0.29, 0.717) is 5.82 Å². The second kappa shape index (κ2) is 9.23. The summed E-state index contributed by atoms with van der Waals surface area (Å²) in [7, 11) is 1.27. The Balaban J connectivity index is 1.68. The number of carbonyl (C=O) groups excluding carboxylic acids is 2. The van der Waals surface area contributed by atoms with Gasteiger partial charge in [0.25, 0.3) is 0 Å². The molecule has 0 saturated carbocycles. The van der Waals surface area contributed by atoms with Gasteiger partial charge in [-0.3, -0.25) is 4.79 Å². The lowest BCUT2D eigenvalue weighted by Crippen LogP contribution is -2.50. The molecule has 3 heterocycles. The molecule has 3 aromatic heterocycles. The molecule has 9 heteroatoms. The second-order valence-electron chi connectivity index (χ2n) is 6.91. The lowest BCUT2D eigenvalue weighted by molar-refractivity contribution is -0.124. The van der Waals surface area contributed by atoms with E-state index < -0.39 is 12.1 Å². The maximum Gasteiger partial charge on any atom is 0.407 e. The van der Waals surface area contributed by atoms with Crippen molar-refractivity contribution in [1.29, 1.82) is 0 Å². The number of rotatable bonds is 7. The SMILES string of the molecule is COC(=O)N[C@H](C(=O)N[C@@H](C)c1ncc(-c2ccc(-c3cccs3)s2)[nH]1)C(C)C. The molecule has 3 aromatic rings. The van der Waals surface area contributed by atoms with E-state index in [-0.39, 0.29) is 17.9 Å². The monoisotopic (exact) mass is 432 g/mol. The predicted molar refractivity (Wildman–Crippen MR) is 116 cm³/mol. The Morgan fingerprint density at radius 3 is 2.52 bits per heavy atom. The van der Waals surface area contributed by atoms with Gasteiger partial charge >= 0.3 is 6.09 Å². The van der Waals surface area contributed by atoms with Crippen molar-refractivity contribution in [2.75, 3.05) is 7.11 Å². The van der Waals surface area contributed by atoms with Crippen molar-refractivity contribution in [3.63, 3.8) is 0 Å². The minimum Gasteiger partial charge on any atom is -0.453 e. The van der Waals surface area contributed by atoms with Crippen LogP contribution in [-0.2, 0) is 9.53 Å². The third-order valence-corrected chi connectivity index (χ3v) is 6.59. The summed E-state index contributed by atoms with van der Waals surface area (Å²) in [5.41, 5.74) is 0.905. The normalized spacial score (nSPS) is 13.1. The van der Waals surface area contributed by atoms with Crippen molar-refractivity contribution in [3.05, 3.63) is 41.7 Å². The minimum absolute atomic E-state index is 0.0877. The van der Waals surface area contributed by atoms with Crippen LogP contribution in [0.15, 0.2) is 35.8 Å². The highest BCUT2D eigenvalue weighted by molar-refractivity contribution is 7.23. The third kappa shape index (κ3) is 5.04. The Labute approximate surface area is 177 Å². The summed E-state index contributed by atoms with van der Waals surface area (Å²) in [5, 5.41) is 7.53. The van der Waals surface area contributed by atoms with Crippen molar-refractivity contribution in [1.82, 2.24) is 20.6 Å². The van der Waals surface area contributed by atoms with E-state index in [1.807, 2.05) is 26.8 Å². The van der Waals surface area contributed by atoms with Crippen LogP contribution in [0.5, 0.6) is 0 Å². The Kier molecular flexibility index (Phi) is 6.71. The van der Waals surface area contributed by atoms with E-state index in [1.54, 1.807) is 28.9 Å². The molecule has 154 valence electrons. The minimum atomic E-state index is -0.690. The number of imidazole rings is 1. The van der Waals surface area contributed by atoms with Gasteiger partial charge in [-0.05, 0) is 36.4 Å². The molecule has 0 saturated heterocycles. The second-order valence-corrected chi connectivity index (χ2v) is 8.94. The van der Waals surface area contributed by atoms with E-state index >= 15 is 0 Å². The van der Waals surface area contributed by atoms with Crippen LogP contribution < -0.4 is 10.6 Å². The summed E-state index contributed by atoms with van der Waals surface area (Å²) in [4.78, 5) is 35.4. The predicted octanol–water partition coefficient (Wildman–Crippen LogP) is 4.42. The molecule has 7 nitrogen and oxygen atoms in total. The topological polar surface area (TPSA) is 96.1 Å². The molecule has 3 N–H and O–H groups in total. The van der Waals surface area contributed by atoms with E-state index in [9.17, 15) is 9.59 Å². The number of aromatic nitrogens is 2. The van der Waals surface area contributed by atoms with Gasteiger partial charge in [-0.25, -0.2) is 9.78 Å². The summed E-state index contributed by atoms with van der Waals surface area (Å²) < 4.78 is 4.61. The van der Waals surface area contributed by atoms with Crippen molar-refractivity contribution < 1.29 is 14.3 Å². The number of H-pyrrole nitrogens is 1. The molecule has 2 atom stereocenters. The summed E-state index contributed by atoms with van der Waals surface area (Å²) in [6.45, 7) is 5.57. The van der Waals surface area contributed by atoms with Gasteiger partial charge in [0, 0.05) is 9.75 Å². The molecule has 2 amide bonds. The largest absolute Gasteiger partial charge is 0.453 e. The van der Waals surface area contributed by atoms with Gasteiger partial charge in [-0.15, -0.1) is 22.7 Å². The van der Waals surface area contributed by atoms with Crippen LogP contribution in [0.2, 0.25) is 0 Å². The first-order valence-electron chi connectivity index (χ1n) is 9.23. The van der Waals surface area contributed by atoms with E-state index in [4.69, 9.17) is 0 Å². The molecule has 0 radical (unpaired) electrons. The Bertz CT molecular complexity index is 962. The molecular formula is C20H24N4O3S2. The maximum absolute atomic E-state index is 12.6. The van der Waals surface area contributed by atoms with Crippen LogP contribution in [0, 0.1) is 5.92 Å². The molecule has 0 aliphatic rings. The first-order chi connectivity index (χ1) is 13.9. The molecule has 29 heavy (non-hydrogen) atoms. The average molecular weight is 433 g/mol. The number of alkyl carbamates (subject to hydrolysis) is 1. The van der Waals surface area contributed by atoms with Crippen LogP contribution in [-0.4, -0.2) is 35.1 Å². The number of nitrogens with one attached hydrogen (secondary N) is 3. The zero-order chi connectivity index (χ0) is 21.0. The Morgan fingerprint density at radius 2 is 1.86 bits per heavy atom. The summed E-state index contributed by atoms with van der Waals surface area (Å²) in [6.07, 6.45) is 1.14. The summed E-state index contributed by atoms with van der Waals surface area (Å²) in [5.74, 6) is 0.280. The van der Waals surface area contributed by atoms with Crippen molar-refractivity contribution in [2.45, 2.75) is 32.9 Å². The summed E-state index contributed by atoms with van der Waals surface area (Å²) >= 11 is 3.40. The lowest BCUT2D eigenvalue weighted by Gasteiger charge is -2.22. The molecule has 0 aromatic carbocycles. The number of thiophene rings is 2. The van der Waals surface area contributed by atoms with Crippen molar-refractivity contribution >= 4 is 34.7 Å². The molecule has 0 bridgehead atoms. The van der Waals surface area contributed by atoms with Gasteiger partial charge in [0.2, 0.25) is 5.91 Å². The number of ether oxygens (including phenoxy) is 1. The number of hydrogen-bond acceptors (Lipinski definition) is 6. The number of amides is 2. The highest BCUT2D eigenvalue weighted by Gasteiger charge is 2.26. The third-order valence-electron chi connectivity index (χ3n) is 4.41. The van der Waals surface area contributed by atoms with Gasteiger partial charge in [0.15, 0.2) is 0 Å².